The number of rotatable bonds is 10. The van der Waals surface area contributed by atoms with Gasteiger partial charge in [0.2, 0.25) is 5.91 Å². The SMILES string of the molecule is COc1ccc(CCNC(=O)CSc2nc3ccc(N4C(=O)c5cccc([N+](=O)[O-])c5C4=O)cc3s2)cc1OC. The second-order valence-corrected chi connectivity index (χ2v) is 10.9. The van der Waals surface area contributed by atoms with E-state index in [-0.39, 0.29) is 22.8 Å². The van der Waals surface area contributed by atoms with Gasteiger partial charge >= 0.3 is 0 Å². The molecule has 3 amide bonds. The van der Waals surface area contributed by atoms with Crippen molar-refractivity contribution in [2.45, 2.75) is 10.8 Å². The topological polar surface area (TPSA) is 141 Å². The minimum absolute atomic E-state index is 0.00279. The third kappa shape index (κ3) is 5.20. The van der Waals surface area contributed by atoms with E-state index in [4.69, 9.17) is 9.47 Å². The van der Waals surface area contributed by atoms with Crippen LogP contribution in [0.5, 0.6) is 11.5 Å². The molecule has 0 bridgehead atoms. The molecule has 1 aliphatic heterocycles. The second-order valence-electron chi connectivity index (χ2n) is 8.61. The van der Waals surface area contributed by atoms with Crippen molar-refractivity contribution in [2.24, 2.45) is 0 Å². The number of aromatic nitrogens is 1. The smallest absolute Gasteiger partial charge is 0.283 e. The van der Waals surface area contributed by atoms with E-state index in [2.05, 4.69) is 10.3 Å². The molecule has 0 aliphatic carbocycles. The normalized spacial score (nSPS) is 12.5. The van der Waals surface area contributed by atoms with E-state index in [0.717, 1.165) is 10.5 Å². The molecule has 13 heteroatoms. The van der Waals surface area contributed by atoms with Gasteiger partial charge < -0.3 is 14.8 Å². The lowest BCUT2D eigenvalue weighted by molar-refractivity contribution is -0.385. The summed E-state index contributed by atoms with van der Waals surface area (Å²) in [4.78, 5) is 54.6. The van der Waals surface area contributed by atoms with Gasteiger partial charge in [-0.1, -0.05) is 23.9 Å². The average molecular weight is 579 g/mol. The van der Waals surface area contributed by atoms with Crippen molar-refractivity contribution in [1.82, 2.24) is 10.3 Å². The van der Waals surface area contributed by atoms with Gasteiger partial charge in [-0.25, -0.2) is 9.88 Å². The summed E-state index contributed by atoms with van der Waals surface area (Å²) >= 11 is 2.61. The molecule has 0 spiro atoms. The number of carbonyl (C=O) groups is 3. The van der Waals surface area contributed by atoms with Crippen molar-refractivity contribution >= 4 is 62.4 Å². The van der Waals surface area contributed by atoms with Crippen molar-refractivity contribution < 1.29 is 28.8 Å². The number of nitro benzene ring substituents is 1. The van der Waals surface area contributed by atoms with Crippen LogP contribution in [0.15, 0.2) is 58.9 Å². The Balaban J connectivity index is 1.21. The Kier molecular flexibility index (Phi) is 7.67. The Morgan fingerprint density at radius 3 is 2.62 bits per heavy atom. The van der Waals surface area contributed by atoms with Gasteiger partial charge in [-0.05, 0) is 48.4 Å². The fraction of sp³-hybridized carbons (Fsp3) is 0.185. The zero-order chi connectivity index (χ0) is 28.4. The third-order valence-electron chi connectivity index (χ3n) is 6.21. The largest absolute Gasteiger partial charge is 0.493 e. The second kappa shape index (κ2) is 11.3. The fourth-order valence-corrected chi connectivity index (χ4v) is 6.24. The lowest BCUT2D eigenvalue weighted by Crippen LogP contribution is -2.29. The molecule has 1 N–H and O–H groups in total. The van der Waals surface area contributed by atoms with E-state index in [1.54, 1.807) is 32.4 Å². The first-order valence-electron chi connectivity index (χ1n) is 12.0. The van der Waals surface area contributed by atoms with Gasteiger partial charge in [0.1, 0.15) is 5.56 Å². The molecule has 0 atom stereocenters. The van der Waals surface area contributed by atoms with Gasteiger partial charge in [-0.15, -0.1) is 11.3 Å². The lowest BCUT2D eigenvalue weighted by Gasteiger charge is -2.13. The number of thiazole rings is 1. The van der Waals surface area contributed by atoms with Crippen LogP contribution in [0.4, 0.5) is 11.4 Å². The molecule has 0 unspecified atom stereocenters. The number of imide groups is 1. The van der Waals surface area contributed by atoms with Crippen LogP contribution >= 0.6 is 23.1 Å². The predicted molar refractivity (Wildman–Crippen MR) is 151 cm³/mol. The van der Waals surface area contributed by atoms with Crippen LogP contribution in [0.1, 0.15) is 26.3 Å². The number of hydrogen-bond donors (Lipinski definition) is 1. The van der Waals surface area contributed by atoms with E-state index in [9.17, 15) is 24.5 Å². The Labute approximate surface area is 236 Å². The number of anilines is 1. The zero-order valence-corrected chi connectivity index (χ0v) is 23.0. The minimum Gasteiger partial charge on any atom is -0.493 e. The van der Waals surface area contributed by atoms with E-state index in [0.29, 0.717) is 44.7 Å². The number of thioether (sulfide) groups is 1. The van der Waals surface area contributed by atoms with Crippen LogP contribution in [0.2, 0.25) is 0 Å². The maximum atomic E-state index is 13.0. The molecule has 0 saturated carbocycles. The van der Waals surface area contributed by atoms with Crippen LogP contribution in [0.3, 0.4) is 0 Å². The number of fused-ring (bicyclic) bond motifs is 2. The maximum absolute atomic E-state index is 13.0. The highest BCUT2D eigenvalue weighted by molar-refractivity contribution is 8.01. The molecule has 0 saturated heterocycles. The first-order valence-corrected chi connectivity index (χ1v) is 13.8. The Morgan fingerprint density at radius 2 is 1.88 bits per heavy atom. The van der Waals surface area contributed by atoms with Crippen molar-refractivity contribution in [3.63, 3.8) is 0 Å². The van der Waals surface area contributed by atoms with Gasteiger partial charge in [0.15, 0.2) is 15.8 Å². The van der Waals surface area contributed by atoms with Crippen molar-refractivity contribution in [2.75, 3.05) is 31.4 Å². The summed E-state index contributed by atoms with van der Waals surface area (Å²) < 4.78 is 11.9. The van der Waals surface area contributed by atoms with Gasteiger partial charge in [0.05, 0.1) is 46.4 Å². The van der Waals surface area contributed by atoms with Crippen LogP contribution < -0.4 is 19.7 Å². The summed E-state index contributed by atoms with van der Waals surface area (Å²) in [6.45, 7) is 0.455. The number of nitrogens with one attached hydrogen (secondary N) is 1. The number of hydrogen-bond acceptors (Lipinski definition) is 10. The van der Waals surface area contributed by atoms with Crippen molar-refractivity contribution in [3.05, 3.63) is 81.4 Å². The molecular formula is C27H22N4O7S2. The van der Waals surface area contributed by atoms with Crippen LogP contribution in [0, 0.1) is 10.1 Å². The summed E-state index contributed by atoms with van der Waals surface area (Å²) in [7, 11) is 3.14. The van der Waals surface area contributed by atoms with E-state index in [1.807, 2.05) is 18.2 Å². The van der Waals surface area contributed by atoms with Crippen LogP contribution in [-0.2, 0) is 11.2 Å². The van der Waals surface area contributed by atoms with E-state index >= 15 is 0 Å². The number of carbonyl (C=O) groups excluding carboxylic acids is 3. The number of nitro groups is 1. The van der Waals surface area contributed by atoms with Crippen LogP contribution in [-0.4, -0.2) is 54.1 Å². The summed E-state index contributed by atoms with van der Waals surface area (Å²) in [5.41, 5.74) is 1.32. The van der Waals surface area contributed by atoms with Crippen LogP contribution in [0.25, 0.3) is 10.2 Å². The Hall–Kier alpha value is -4.49. The molecule has 4 aromatic rings. The Morgan fingerprint density at radius 1 is 1.07 bits per heavy atom. The average Bonchev–Trinajstić information content (AvgIpc) is 3.48. The standard InChI is InChI=1S/C27H22N4O7S2/c1-37-20-9-6-15(12-21(20)38-2)10-11-28-23(32)14-39-27-29-18-8-7-16(13-22(18)40-27)30-25(33)17-4-3-5-19(31(35)36)24(17)26(30)34/h3-9,12-13H,10-11,14H2,1-2H3,(H,28,32). The molecule has 1 aromatic heterocycles. The number of nitrogens with zero attached hydrogens (tertiary/aromatic N) is 3. The summed E-state index contributed by atoms with van der Waals surface area (Å²) in [5.74, 6) is -0.0613. The molecule has 1 aliphatic rings. The van der Waals surface area contributed by atoms with E-state index < -0.39 is 22.4 Å². The lowest BCUT2D eigenvalue weighted by atomic mass is 10.1. The molecule has 204 valence electrons. The number of amides is 3. The highest BCUT2D eigenvalue weighted by atomic mass is 32.2. The summed E-state index contributed by atoms with van der Waals surface area (Å²) in [5, 5.41) is 14.3. The van der Waals surface area contributed by atoms with Gasteiger partial charge in [-0.2, -0.15) is 0 Å². The molecule has 11 nitrogen and oxygen atoms in total. The van der Waals surface area contributed by atoms with Crippen molar-refractivity contribution in [3.8, 4) is 11.5 Å². The number of methoxy groups -OCH3 is 2. The highest BCUT2D eigenvalue weighted by Crippen LogP contribution is 2.37. The quantitative estimate of drug-likeness (QED) is 0.125. The van der Waals surface area contributed by atoms with E-state index in [1.165, 1.54) is 41.3 Å². The van der Waals surface area contributed by atoms with Gasteiger partial charge in [-0.3, -0.25) is 24.5 Å². The highest BCUT2D eigenvalue weighted by Gasteiger charge is 2.41. The summed E-state index contributed by atoms with van der Waals surface area (Å²) in [6, 6.07) is 14.5. The van der Waals surface area contributed by atoms with Gasteiger partial charge in [0.25, 0.3) is 17.5 Å². The fourth-order valence-electron chi connectivity index (χ4n) is 4.31. The first-order chi connectivity index (χ1) is 19.3. The molecule has 0 radical (unpaired) electrons. The molecular weight excluding hydrogens is 556 g/mol. The molecule has 40 heavy (non-hydrogen) atoms. The van der Waals surface area contributed by atoms with Crippen molar-refractivity contribution in [1.29, 1.82) is 0 Å². The Bertz CT molecular complexity index is 1670. The minimum atomic E-state index is -0.740. The molecule has 5 rings (SSSR count). The molecule has 3 aromatic carbocycles. The maximum Gasteiger partial charge on any atom is 0.283 e. The molecule has 2 heterocycles. The molecule has 0 fully saturated rings. The predicted octanol–water partition coefficient (Wildman–Crippen LogP) is 4.47. The zero-order valence-electron chi connectivity index (χ0n) is 21.3. The summed E-state index contributed by atoms with van der Waals surface area (Å²) in [6.07, 6.45) is 0.627. The number of benzene rings is 3. The third-order valence-corrected chi connectivity index (χ3v) is 8.37. The first kappa shape index (κ1) is 27.1. The monoisotopic (exact) mass is 578 g/mol. The van der Waals surface area contributed by atoms with Gasteiger partial charge in [0, 0.05) is 12.6 Å². The number of ether oxygens (including phenoxy) is 2.